The number of nitrogens with zero attached hydrogens (tertiary/aromatic N) is 1. The molecule has 0 heterocycles. The summed E-state index contributed by atoms with van der Waals surface area (Å²) in [5.74, 6) is 0. The maximum atomic E-state index is 12.5. The van der Waals surface area contributed by atoms with Crippen molar-refractivity contribution in [1.29, 1.82) is 0 Å². The average molecular weight is 397 g/mol. The van der Waals surface area contributed by atoms with Gasteiger partial charge in [0.25, 0.3) is 0 Å². The van der Waals surface area contributed by atoms with Crippen molar-refractivity contribution >= 4 is 25.5 Å². The van der Waals surface area contributed by atoms with Crippen LogP contribution in [-0.2, 0) is 26.3 Å². The number of sulfone groups is 1. The van der Waals surface area contributed by atoms with E-state index >= 15 is 0 Å². The predicted molar refractivity (Wildman–Crippen MR) is 104 cm³/mol. The lowest BCUT2D eigenvalue weighted by atomic mass is 10.1. The second-order valence-electron chi connectivity index (χ2n) is 6.53. The predicted octanol–water partition coefficient (Wildman–Crippen LogP) is 2.07. The molecule has 0 bridgehead atoms. The zero-order valence-electron chi connectivity index (χ0n) is 15.3. The first-order chi connectivity index (χ1) is 12.0. The molecule has 0 saturated carbocycles. The molecule has 2 aromatic rings. The normalized spacial score (nSPS) is 13.4. The average Bonchev–Trinajstić information content (AvgIpc) is 2.54. The molecule has 1 unspecified atom stereocenters. The summed E-state index contributed by atoms with van der Waals surface area (Å²) in [6, 6.07) is 12.9. The van der Waals surface area contributed by atoms with Gasteiger partial charge < -0.3 is 4.90 Å². The third kappa shape index (κ3) is 5.30. The van der Waals surface area contributed by atoms with E-state index in [-0.39, 0.29) is 15.8 Å². The molecule has 26 heavy (non-hydrogen) atoms. The Morgan fingerprint density at radius 1 is 0.962 bits per heavy atom. The summed E-state index contributed by atoms with van der Waals surface area (Å²) in [7, 11) is -3.37. The summed E-state index contributed by atoms with van der Waals surface area (Å²) < 4.78 is 51.0. The van der Waals surface area contributed by atoms with Gasteiger partial charge in [0.2, 0.25) is 10.0 Å². The van der Waals surface area contributed by atoms with Crippen molar-refractivity contribution in [3.05, 3.63) is 54.1 Å². The lowest BCUT2D eigenvalue weighted by molar-refractivity contribution is 0.559. The molecule has 0 saturated heterocycles. The smallest absolute Gasteiger partial charge is 0.240 e. The van der Waals surface area contributed by atoms with Crippen molar-refractivity contribution in [1.82, 2.24) is 4.72 Å². The highest BCUT2D eigenvalue weighted by Gasteiger charge is 2.19. The molecular weight excluding hydrogens is 372 g/mol. The molecule has 0 aliphatic rings. The van der Waals surface area contributed by atoms with Crippen LogP contribution in [0.15, 0.2) is 58.3 Å². The van der Waals surface area contributed by atoms with Gasteiger partial charge in [-0.1, -0.05) is 18.2 Å². The highest BCUT2D eigenvalue weighted by Crippen LogP contribution is 2.17. The minimum absolute atomic E-state index is 0.0210. The number of hydrogen-bond acceptors (Lipinski definition) is 5. The largest absolute Gasteiger partial charge is 0.378 e. The Hall–Kier alpha value is -1.90. The van der Waals surface area contributed by atoms with Crippen LogP contribution in [-0.4, -0.2) is 43.2 Å². The van der Waals surface area contributed by atoms with E-state index in [1.807, 2.05) is 43.3 Å². The third-order valence-corrected chi connectivity index (χ3v) is 6.59. The number of nitrogens with one attached hydrogen (secondary N) is 1. The number of rotatable bonds is 7. The fourth-order valence-corrected chi connectivity index (χ4v) is 4.56. The second-order valence-corrected chi connectivity index (χ2v) is 10.3. The Morgan fingerprint density at radius 3 is 2.08 bits per heavy atom. The maximum absolute atomic E-state index is 12.5. The van der Waals surface area contributed by atoms with Crippen LogP contribution in [0.25, 0.3) is 0 Å². The molecule has 0 aliphatic carbocycles. The fourth-order valence-electron chi connectivity index (χ4n) is 2.53. The molecule has 6 nitrogen and oxygen atoms in total. The summed E-state index contributed by atoms with van der Waals surface area (Å²) >= 11 is 0. The van der Waals surface area contributed by atoms with Crippen molar-refractivity contribution in [2.45, 2.75) is 29.2 Å². The van der Waals surface area contributed by atoms with Crippen molar-refractivity contribution < 1.29 is 16.8 Å². The molecule has 0 amide bonds. The minimum Gasteiger partial charge on any atom is -0.378 e. The Bertz CT molecular complexity index is 967. The Morgan fingerprint density at radius 2 is 1.54 bits per heavy atom. The Balaban J connectivity index is 2.13. The summed E-state index contributed by atoms with van der Waals surface area (Å²) in [4.78, 5) is 1.91. The van der Waals surface area contributed by atoms with Crippen LogP contribution in [0.2, 0.25) is 0 Å². The van der Waals surface area contributed by atoms with Gasteiger partial charge in [0.1, 0.15) is 0 Å². The lowest BCUT2D eigenvalue weighted by Gasteiger charge is -2.16. The van der Waals surface area contributed by atoms with Gasteiger partial charge in [0.15, 0.2) is 9.84 Å². The van der Waals surface area contributed by atoms with Gasteiger partial charge in [-0.05, 0) is 49.2 Å². The highest BCUT2D eigenvalue weighted by atomic mass is 32.2. The van der Waals surface area contributed by atoms with Crippen molar-refractivity contribution in [2.75, 3.05) is 25.3 Å². The van der Waals surface area contributed by atoms with Gasteiger partial charge in [-0.25, -0.2) is 21.6 Å². The van der Waals surface area contributed by atoms with Gasteiger partial charge in [0, 0.05) is 32.1 Å². The topological polar surface area (TPSA) is 83.6 Å². The van der Waals surface area contributed by atoms with E-state index in [2.05, 4.69) is 4.72 Å². The van der Waals surface area contributed by atoms with Crippen LogP contribution in [0.3, 0.4) is 0 Å². The molecule has 1 atom stereocenters. The van der Waals surface area contributed by atoms with Gasteiger partial charge >= 0.3 is 0 Å². The molecule has 0 aromatic heterocycles. The molecule has 0 aliphatic heterocycles. The molecule has 0 radical (unpaired) electrons. The molecule has 8 heteroatoms. The van der Waals surface area contributed by atoms with Gasteiger partial charge in [-0.3, -0.25) is 0 Å². The summed E-state index contributed by atoms with van der Waals surface area (Å²) in [5, 5.41) is 0. The zero-order valence-corrected chi connectivity index (χ0v) is 16.9. The van der Waals surface area contributed by atoms with Crippen LogP contribution in [0.5, 0.6) is 0 Å². The van der Waals surface area contributed by atoms with Crippen LogP contribution in [0.1, 0.15) is 12.5 Å². The fraction of sp³-hybridized carbons (Fsp3) is 0.333. The first-order valence-electron chi connectivity index (χ1n) is 8.08. The molecule has 142 valence electrons. The number of sulfonamides is 1. The van der Waals surface area contributed by atoms with Gasteiger partial charge in [-0.15, -0.1) is 0 Å². The summed E-state index contributed by atoms with van der Waals surface area (Å²) in [6.07, 6.45) is 1.57. The molecular formula is C18H24N2O4S2. The van der Waals surface area contributed by atoms with E-state index in [4.69, 9.17) is 0 Å². The monoisotopic (exact) mass is 396 g/mol. The number of hydrogen-bond donors (Lipinski definition) is 1. The molecule has 0 fully saturated rings. The van der Waals surface area contributed by atoms with Crippen LogP contribution in [0.4, 0.5) is 5.69 Å². The first kappa shape index (κ1) is 20.4. The van der Waals surface area contributed by atoms with E-state index in [1.165, 1.54) is 24.3 Å². The van der Waals surface area contributed by atoms with Gasteiger partial charge in [0.05, 0.1) is 9.79 Å². The number of anilines is 1. The first-order valence-corrected chi connectivity index (χ1v) is 11.5. The number of benzene rings is 2. The highest BCUT2D eigenvalue weighted by molar-refractivity contribution is 7.91. The van der Waals surface area contributed by atoms with E-state index in [0.717, 1.165) is 17.5 Å². The van der Waals surface area contributed by atoms with Crippen molar-refractivity contribution in [2.24, 2.45) is 0 Å². The van der Waals surface area contributed by atoms with E-state index < -0.39 is 19.9 Å². The van der Waals surface area contributed by atoms with Crippen LogP contribution < -0.4 is 9.62 Å². The Kier molecular flexibility index (Phi) is 6.10. The molecule has 1 N–H and O–H groups in total. The van der Waals surface area contributed by atoms with Gasteiger partial charge in [-0.2, -0.15) is 0 Å². The summed E-state index contributed by atoms with van der Waals surface area (Å²) in [5.41, 5.74) is 2.08. The van der Waals surface area contributed by atoms with Crippen LogP contribution >= 0.6 is 0 Å². The SMILES string of the molecule is CC(Cc1ccc(N(C)C)cc1)NS(=O)(=O)c1cccc(S(C)(=O)=O)c1. The zero-order chi connectivity index (χ0) is 19.5. The molecule has 0 spiro atoms. The van der Waals surface area contributed by atoms with E-state index in [1.54, 1.807) is 6.92 Å². The molecule has 2 aromatic carbocycles. The quantitative estimate of drug-likeness (QED) is 0.775. The maximum Gasteiger partial charge on any atom is 0.240 e. The second kappa shape index (κ2) is 7.77. The van der Waals surface area contributed by atoms with Crippen molar-refractivity contribution in [3.63, 3.8) is 0 Å². The van der Waals surface area contributed by atoms with Crippen molar-refractivity contribution in [3.8, 4) is 0 Å². The van der Waals surface area contributed by atoms with Crippen LogP contribution in [0, 0.1) is 0 Å². The summed E-state index contributed by atoms with van der Waals surface area (Å²) in [6.45, 7) is 1.78. The van der Waals surface area contributed by atoms with E-state index in [9.17, 15) is 16.8 Å². The Labute approximate surface area is 155 Å². The lowest BCUT2D eigenvalue weighted by Crippen LogP contribution is -2.34. The molecule has 2 rings (SSSR count). The third-order valence-electron chi connectivity index (χ3n) is 3.89. The van der Waals surface area contributed by atoms with E-state index in [0.29, 0.717) is 6.42 Å². The minimum atomic E-state index is -3.81. The standard InChI is InChI=1S/C18H24N2O4S2/c1-14(12-15-8-10-16(11-9-15)20(2)3)19-26(23,24)18-7-5-6-17(13-18)25(4,21)22/h5-11,13-14,19H,12H2,1-4H3.